The second-order valence-electron chi connectivity index (χ2n) is 15.2. The molecule has 0 N–H and O–H groups in total. The third-order valence-corrected chi connectivity index (χ3v) is 13.0. The summed E-state index contributed by atoms with van der Waals surface area (Å²) in [6.07, 6.45) is 3.92. The Hall–Kier alpha value is -7.14. The molecule has 0 atom stereocenters. The zero-order chi connectivity index (χ0) is 38.2. The largest absolute Gasteiger partial charge is 0.308 e. The van der Waals surface area contributed by atoms with E-state index in [1.807, 2.05) is 11.3 Å². The normalized spacial score (nSPS) is 16.4. The summed E-state index contributed by atoms with van der Waals surface area (Å²) >= 11 is 1.85. The lowest BCUT2D eigenvalue weighted by atomic mass is 9.98. The summed E-state index contributed by atoms with van der Waals surface area (Å²) in [5.74, 6) is 0.709. The van der Waals surface area contributed by atoms with Gasteiger partial charge in [-0.25, -0.2) is 9.98 Å². The molecule has 4 heteroatoms. The highest BCUT2D eigenvalue weighted by atomic mass is 32.1. The van der Waals surface area contributed by atoms with E-state index in [4.69, 9.17) is 9.98 Å². The fourth-order valence-electron chi connectivity index (χ4n) is 9.05. The van der Waals surface area contributed by atoms with Gasteiger partial charge >= 0.3 is 0 Å². The SMILES string of the molecule is C1=C(c2ccc3ccccc3c2)/N=C(c2ccc3sc4ccccc4c3c2-n2c3ccccc3c3cc4ccccc4cc32)\N=C(\c2ccc3ccccc3c2)CC\1. The van der Waals surface area contributed by atoms with Crippen LogP contribution in [0.3, 0.4) is 0 Å². The molecule has 0 spiro atoms. The van der Waals surface area contributed by atoms with Crippen LogP contribution in [0.1, 0.15) is 29.5 Å². The van der Waals surface area contributed by atoms with Gasteiger partial charge in [-0.3, -0.25) is 0 Å². The number of hydrogen-bond acceptors (Lipinski definition) is 3. The number of amidine groups is 1. The van der Waals surface area contributed by atoms with Gasteiger partial charge in [0.2, 0.25) is 0 Å². The van der Waals surface area contributed by atoms with E-state index in [0.717, 1.165) is 52.1 Å². The predicted molar refractivity (Wildman–Crippen MR) is 249 cm³/mol. The Morgan fingerprint density at radius 2 is 1.07 bits per heavy atom. The average Bonchev–Trinajstić information content (AvgIpc) is 3.80. The fraction of sp³-hybridized carbons (Fsp3) is 0.0370. The van der Waals surface area contributed by atoms with Gasteiger partial charge < -0.3 is 4.57 Å². The third-order valence-electron chi connectivity index (χ3n) is 11.8. The first-order valence-electron chi connectivity index (χ1n) is 20.0. The molecule has 0 unspecified atom stereocenters. The van der Waals surface area contributed by atoms with Crippen LogP contribution < -0.4 is 0 Å². The highest BCUT2D eigenvalue weighted by Crippen LogP contribution is 2.44. The quantitative estimate of drug-likeness (QED) is 0.171. The molecule has 272 valence electrons. The Kier molecular flexibility index (Phi) is 7.54. The summed E-state index contributed by atoms with van der Waals surface area (Å²) in [4.78, 5) is 11.3. The van der Waals surface area contributed by atoms with Crippen molar-refractivity contribution < 1.29 is 0 Å². The second-order valence-corrected chi connectivity index (χ2v) is 16.3. The van der Waals surface area contributed by atoms with Crippen LogP contribution >= 0.6 is 11.3 Å². The predicted octanol–water partition coefficient (Wildman–Crippen LogP) is 14.7. The Morgan fingerprint density at radius 3 is 1.84 bits per heavy atom. The first-order valence-corrected chi connectivity index (χ1v) is 20.8. The lowest BCUT2D eigenvalue weighted by Crippen LogP contribution is -2.12. The molecule has 2 aromatic heterocycles. The maximum atomic E-state index is 5.69. The van der Waals surface area contributed by atoms with E-state index >= 15 is 0 Å². The topological polar surface area (TPSA) is 29.6 Å². The average molecular weight is 758 g/mol. The zero-order valence-electron chi connectivity index (χ0n) is 31.6. The second kappa shape index (κ2) is 13.2. The number of hydrogen-bond donors (Lipinski definition) is 0. The van der Waals surface area contributed by atoms with Gasteiger partial charge in [0, 0.05) is 42.1 Å². The Labute approximate surface area is 339 Å². The highest BCUT2D eigenvalue weighted by Gasteiger charge is 2.24. The number of nitrogens with zero attached hydrogens (tertiary/aromatic N) is 3. The summed E-state index contributed by atoms with van der Waals surface area (Å²) in [6.45, 7) is 0. The number of para-hydroxylation sites is 1. The molecule has 1 aliphatic heterocycles. The van der Waals surface area contributed by atoms with Crippen molar-refractivity contribution >= 4 is 103 Å². The van der Waals surface area contributed by atoms with Gasteiger partial charge in [0.05, 0.1) is 28.1 Å². The molecule has 3 heterocycles. The van der Waals surface area contributed by atoms with Crippen LogP contribution in [-0.2, 0) is 0 Å². The minimum atomic E-state index is 0.709. The van der Waals surface area contributed by atoms with Gasteiger partial charge in [0.1, 0.15) is 0 Å². The van der Waals surface area contributed by atoms with Crippen molar-refractivity contribution in [2.45, 2.75) is 12.8 Å². The first-order chi connectivity index (χ1) is 28.7. The minimum Gasteiger partial charge on any atom is -0.308 e. The molecular weight excluding hydrogens is 723 g/mol. The number of rotatable bonds is 4. The molecule has 11 aromatic rings. The Bertz CT molecular complexity index is 3580. The number of benzene rings is 9. The summed E-state index contributed by atoms with van der Waals surface area (Å²) in [5, 5.41) is 12.2. The fourth-order valence-corrected chi connectivity index (χ4v) is 10.2. The number of fused-ring (bicyclic) bond motifs is 9. The summed E-state index contributed by atoms with van der Waals surface area (Å²) in [5.41, 5.74) is 8.62. The molecule has 0 saturated heterocycles. The molecule has 0 bridgehead atoms. The van der Waals surface area contributed by atoms with Gasteiger partial charge in [0.15, 0.2) is 5.84 Å². The molecule has 9 aromatic carbocycles. The molecule has 0 saturated carbocycles. The maximum absolute atomic E-state index is 5.69. The first kappa shape index (κ1) is 33.0. The standard InChI is InChI=1S/C54H35N3S/c1-3-14-36-30-40(26-24-34(36)12-1)46-20-11-21-47(41-27-25-35-13-2-4-15-37(35)31-41)56-54(55-46)44-28-29-51-52(43-19-8-10-23-50(43)58-51)53(44)57-48-22-9-7-18-42(48)45-32-38-16-5-6-17-39(38)33-49(45)57/h1-10,12-20,22-33H,11,21H2/b46-20-,55-54-,56-47+. The van der Waals surface area contributed by atoms with E-state index in [1.54, 1.807) is 0 Å². The lowest BCUT2D eigenvalue weighted by molar-refractivity contribution is 1.08. The van der Waals surface area contributed by atoms with E-state index in [9.17, 15) is 0 Å². The van der Waals surface area contributed by atoms with Gasteiger partial charge in [-0.15, -0.1) is 11.3 Å². The molecule has 58 heavy (non-hydrogen) atoms. The van der Waals surface area contributed by atoms with Crippen LogP contribution in [0.5, 0.6) is 0 Å². The number of thiophene rings is 1. The van der Waals surface area contributed by atoms with Crippen LogP contribution in [-0.4, -0.2) is 16.1 Å². The van der Waals surface area contributed by atoms with Crippen molar-refractivity contribution in [1.82, 2.24) is 4.57 Å². The summed E-state index contributed by atoms with van der Waals surface area (Å²) in [6, 6.07) is 66.2. The van der Waals surface area contributed by atoms with Gasteiger partial charge in [-0.05, 0) is 99.3 Å². The van der Waals surface area contributed by atoms with Crippen LogP contribution in [0.2, 0.25) is 0 Å². The molecule has 0 amide bonds. The van der Waals surface area contributed by atoms with E-state index in [2.05, 4.69) is 193 Å². The molecule has 0 fully saturated rings. The molecule has 0 radical (unpaired) electrons. The van der Waals surface area contributed by atoms with E-state index in [-0.39, 0.29) is 0 Å². The lowest BCUT2D eigenvalue weighted by Gasteiger charge is -2.19. The monoisotopic (exact) mass is 757 g/mol. The maximum Gasteiger partial charge on any atom is 0.162 e. The van der Waals surface area contributed by atoms with Crippen LogP contribution in [0.4, 0.5) is 0 Å². The minimum absolute atomic E-state index is 0.709. The van der Waals surface area contributed by atoms with E-state index in [1.165, 1.54) is 68.8 Å². The zero-order valence-corrected chi connectivity index (χ0v) is 32.4. The van der Waals surface area contributed by atoms with Crippen molar-refractivity contribution in [3.8, 4) is 5.69 Å². The van der Waals surface area contributed by atoms with Gasteiger partial charge in [0.25, 0.3) is 0 Å². The Balaban J connectivity index is 1.20. The Morgan fingerprint density at radius 1 is 0.448 bits per heavy atom. The van der Waals surface area contributed by atoms with Gasteiger partial charge in [-0.2, -0.15) is 0 Å². The van der Waals surface area contributed by atoms with Crippen LogP contribution in [0.15, 0.2) is 198 Å². The number of allylic oxidation sites excluding steroid dienone is 1. The van der Waals surface area contributed by atoms with Crippen molar-refractivity contribution in [2.24, 2.45) is 9.98 Å². The van der Waals surface area contributed by atoms with Crippen molar-refractivity contribution in [1.29, 1.82) is 0 Å². The van der Waals surface area contributed by atoms with Crippen LogP contribution in [0, 0.1) is 0 Å². The molecule has 3 nitrogen and oxygen atoms in total. The summed E-state index contributed by atoms with van der Waals surface area (Å²) in [7, 11) is 0. The number of aliphatic imine (C=N–C) groups is 2. The molecule has 0 aliphatic carbocycles. The van der Waals surface area contributed by atoms with E-state index < -0.39 is 0 Å². The van der Waals surface area contributed by atoms with E-state index in [0.29, 0.717) is 5.84 Å². The van der Waals surface area contributed by atoms with Crippen molar-refractivity contribution in [2.75, 3.05) is 0 Å². The van der Waals surface area contributed by atoms with Crippen LogP contribution in [0.25, 0.3) is 85.7 Å². The van der Waals surface area contributed by atoms with Gasteiger partial charge in [-0.1, -0.05) is 140 Å². The van der Waals surface area contributed by atoms with Crippen molar-refractivity contribution in [3.63, 3.8) is 0 Å². The highest BCUT2D eigenvalue weighted by molar-refractivity contribution is 7.25. The third kappa shape index (κ3) is 5.33. The molecular formula is C54H35N3S. The van der Waals surface area contributed by atoms with Crippen molar-refractivity contribution in [3.05, 3.63) is 205 Å². The molecule has 12 rings (SSSR count). The molecule has 1 aliphatic rings. The smallest absolute Gasteiger partial charge is 0.162 e. The summed E-state index contributed by atoms with van der Waals surface area (Å²) < 4.78 is 5.00. The number of aromatic nitrogens is 1.